The Morgan fingerprint density at radius 3 is 2.60 bits per heavy atom. The van der Waals surface area contributed by atoms with Crippen LogP contribution in [0.5, 0.6) is 11.5 Å². The van der Waals surface area contributed by atoms with E-state index in [-0.39, 0.29) is 24.6 Å². The SMILES string of the molecule is C=CCOc1ccc(C2C(C(=O)OCC)=C(C)N=c3s/c(=C\c4ccc(OCc5ccccc5F)c(Br)c4)c(=O)n32)cc1. The summed E-state index contributed by atoms with van der Waals surface area (Å²) in [6.07, 6.45) is 3.42. The molecular weight excluding hydrogens is 635 g/mol. The summed E-state index contributed by atoms with van der Waals surface area (Å²) in [5.41, 5.74) is 2.42. The molecule has 3 aromatic carbocycles. The fraction of sp³-hybridized carbons (Fsp3) is 0.182. The Bertz CT molecular complexity index is 1900. The van der Waals surface area contributed by atoms with Gasteiger partial charge in [-0.25, -0.2) is 14.2 Å². The van der Waals surface area contributed by atoms with E-state index < -0.39 is 12.0 Å². The summed E-state index contributed by atoms with van der Waals surface area (Å²) < 4.78 is 33.4. The highest BCUT2D eigenvalue weighted by molar-refractivity contribution is 9.10. The molecule has 0 amide bonds. The monoisotopic (exact) mass is 662 g/mol. The number of halogens is 2. The number of carbonyl (C=O) groups is 1. The molecule has 220 valence electrons. The standard InChI is InChI=1S/C33H28BrFN2O5S/c1-4-16-41-24-13-11-22(12-14-24)30-29(32(39)40-5-2)20(3)36-33-37(30)31(38)28(43-33)18-21-10-15-27(25(34)17-21)42-19-23-8-6-7-9-26(23)35/h4,6-15,17-18,30H,1,5,16,19H2,2-3H3/b28-18-. The van der Waals surface area contributed by atoms with E-state index in [1.807, 2.05) is 24.3 Å². The van der Waals surface area contributed by atoms with Gasteiger partial charge in [0, 0.05) is 5.56 Å². The maximum absolute atomic E-state index is 14.0. The molecule has 0 saturated heterocycles. The molecule has 0 aliphatic carbocycles. The molecule has 0 radical (unpaired) electrons. The van der Waals surface area contributed by atoms with Gasteiger partial charge in [0.1, 0.15) is 30.5 Å². The van der Waals surface area contributed by atoms with E-state index in [1.54, 1.807) is 62.4 Å². The van der Waals surface area contributed by atoms with Crippen molar-refractivity contribution in [2.45, 2.75) is 26.5 Å². The number of nitrogens with zero attached hydrogens (tertiary/aromatic N) is 2. The normalized spacial score (nSPS) is 14.6. The second-order valence-corrected chi connectivity index (χ2v) is 11.4. The first-order valence-electron chi connectivity index (χ1n) is 13.5. The highest BCUT2D eigenvalue weighted by Crippen LogP contribution is 2.32. The number of rotatable bonds is 10. The number of esters is 1. The number of hydrogen-bond donors (Lipinski definition) is 0. The van der Waals surface area contributed by atoms with E-state index in [0.29, 0.717) is 48.7 Å². The molecule has 7 nitrogen and oxygen atoms in total. The number of fused-ring (bicyclic) bond motifs is 1. The summed E-state index contributed by atoms with van der Waals surface area (Å²) in [4.78, 5) is 32.1. The maximum Gasteiger partial charge on any atom is 0.338 e. The van der Waals surface area contributed by atoms with Crippen LogP contribution in [0.15, 0.2) is 105 Å². The highest BCUT2D eigenvalue weighted by Gasteiger charge is 2.33. The number of aromatic nitrogens is 1. The largest absolute Gasteiger partial charge is 0.490 e. The number of benzene rings is 3. The fourth-order valence-corrected chi connectivity index (χ4v) is 6.21. The Kier molecular flexibility index (Phi) is 9.37. The first-order chi connectivity index (χ1) is 20.8. The lowest BCUT2D eigenvalue weighted by molar-refractivity contribution is -0.139. The van der Waals surface area contributed by atoms with E-state index >= 15 is 0 Å². The molecule has 0 fully saturated rings. The third-order valence-corrected chi connectivity index (χ3v) is 8.28. The molecule has 2 heterocycles. The van der Waals surface area contributed by atoms with Crippen molar-refractivity contribution in [2.24, 2.45) is 4.99 Å². The molecule has 0 N–H and O–H groups in total. The second kappa shape index (κ2) is 13.4. The molecule has 1 atom stereocenters. The summed E-state index contributed by atoms with van der Waals surface area (Å²) in [5, 5.41) is 0. The van der Waals surface area contributed by atoms with Crippen LogP contribution in [0.25, 0.3) is 6.08 Å². The molecule has 0 saturated carbocycles. The maximum atomic E-state index is 14.0. The molecule has 1 unspecified atom stereocenters. The minimum atomic E-state index is -0.730. The van der Waals surface area contributed by atoms with Gasteiger partial charge in [0.15, 0.2) is 4.80 Å². The quantitative estimate of drug-likeness (QED) is 0.157. The Morgan fingerprint density at radius 2 is 1.91 bits per heavy atom. The van der Waals surface area contributed by atoms with Gasteiger partial charge in [-0.3, -0.25) is 9.36 Å². The lowest BCUT2D eigenvalue weighted by atomic mass is 9.96. The van der Waals surface area contributed by atoms with Gasteiger partial charge in [-0.05, 0) is 77.3 Å². The van der Waals surface area contributed by atoms with Crippen molar-refractivity contribution in [3.05, 3.63) is 137 Å². The van der Waals surface area contributed by atoms with E-state index in [0.717, 1.165) is 11.1 Å². The first kappa shape index (κ1) is 30.2. The Balaban J connectivity index is 1.51. The van der Waals surface area contributed by atoms with Crippen LogP contribution < -0.4 is 24.4 Å². The fourth-order valence-electron chi connectivity index (χ4n) is 4.65. The van der Waals surface area contributed by atoms with Gasteiger partial charge in [0.25, 0.3) is 5.56 Å². The van der Waals surface area contributed by atoms with Crippen molar-refractivity contribution in [3.63, 3.8) is 0 Å². The Hall–Kier alpha value is -4.28. The molecule has 43 heavy (non-hydrogen) atoms. The van der Waals surface area contributed by atoms with Crippen LogP contribution in [-0.4, -0.2) is 23.8 Å². The lowest BCUT2D eigenvalue weighted by Crippen LogP contribution is -2.39. The molecular formula is C33H28BrFN2O5S. The van der Waals surface area contributed by atoms with Gasteiger partial charge in [-0.2, -0.15) is 0 Å². The summed E-state index contributed by atoms with van der Waals surface area (Å²) in [6, 6.07) is 18.4. The Morgan fingerprint density at radius 1 is 1.14 bits per heavy atom. The third-order valence-electron chi connectivity index (χ3n) is 6.68. The number of hydrogen-bond acceptors (Lipinski definition) is 7. The summed E-state index contributed by atoms with van der Waals surface area (Å²) in [7, 11) is 0. The molecule has 1 aromatic heterocycles. The first-order valence-corrected chi connectivity index (χ1v) is 15.1. The van der Waals surface area contributed by atoms with Gasteiger partial charge in [0.05, 0.1) is 32.9 Å². The van der Waals surface area contributed by atoms with Crippen LogP contribution in [0.2, 0.25) is 0 Å². The van der Waals surface area contributed by atoms with Crippen LogP contribution >= 0.6 is 27.3 Å². The zero-order valence-electron chi connectivity index (χ0n) is 23.5. The summed E-state index contributed by atoms with van der Waals surface area (Å²) in [6.45, 7) is 7.77. The molecule has 4 aromatic rings. The second-order valence-electron chi connectivity index (χ2n) is 9.54. The summed E-state index contributed by atoms with van der Waals surface area (Å²) >= 11 is 4.76. The van der Waals surface area contributed by atoms with Crippen LogP contribution in [0.1, 0.15) is 36.6 Å². The molecule has 5 rings (SSSR count). The van der Waals surface area contributed by atoms with E-state index in [1.165, 1.54) is 22.0 Å². The van der Waals surface area contributed by atoms with Crippen molar-refractivity contribution in [3.8, 4) is 11.5 Å². The van der Waals surface area contributed by atoms with E-state index in [9.17, 15) is 14.0 Å². The molecule has 1 aliphatic rings. The molecule has 0 spiro atoms. The van der Waals surface area contributed by atoms with Crippen molar-refractivity contribution >= 4 is 39.3 Å². The average molecular weight is 664 g/mol. The van der Waals surface area contributed by atoms with Crippen molar-refractivity contribution < 1.29 is 23.4 Å². The van der Waals surface area contributed by atoms with Crippen LogP contribution in [0.4, 0.5) is 4.39 Å². The molecule has 1 aliphatic heterocycles. The number of allylic oxidation sites excluding steroid dienone is 1. The predicted octanol–water partition coefficient (Wildman–Crippen LogP) is 5.84. The topological polar surface area (TPSA) is 79.1 Å². The van der Waals surface area contributed by atoms with Gasteiger partial charge < -0.3 is 14.2 Å². The predicted molar refractivity (Wildman–Crippen MR) is 167 cm³/mol. The third kappa shape index (κ3) is 6.55. The van der Waals surface area contributed by atoms with Crippen LogP contribution in [0.3, 0.4) is 0 Å². The van der Waals surface area contributed by atoms with E-state index in [2.05, 4.69) is 27.5 Å². The number of ether oxygens (including phenoxy) is 3. The average Bonchev–Trinajstić information content (AvgIpc) is 3.29. The Labute approximate surface area is 260 Å². The van der Waals surface area contributed by atoms with Crippen molar-refractivity contribution in [2.75, 3.05) is 13.2 Å². The van der Waals surface area contributed by atoms with Crippen LogP contribution in [0, 0.1) is 5.82 Å². The van der Waals surface area contributed by atoms with Crippen LogP contribution in [-0.2, 0) is 16.1 Å². The molecule has 10 heteroatoms. The zero-order valence-corrected chi connectivity index (χ0v) is 25.9. The number of thiazole rings is 1. The minimum absolute atomic E-state index is 0.0761. The summed E-state index contributed by atoms with van der Waals surface area (Å²) in [5.74, 6) is 0.325. The number of carbonyl (C=O) groups excluding carboxylic acids is 1. The lowest BCUT2D eigenvalue weighted by Gasteiger charge is -2.24. The smallest absolute Gasteiger partial charge is 0.338 e. The highest BCUT2D eigenvalue weighted by atomic mass is 79.9. The van der Waals surface area contributed by atoms with Gasteiger partial charge in [-0.1, -0.05) is 60.4 Å². The van der Waals surface area contributed by atoms with Gasteiger partial charge >= 0.3 is 5.97 Å². The van der Waals surface area contributed by atoms with E-state index in [4.69, 9.17) is 14.2 Å². The van der Waals surface area contributed by atoms with Crippen molar-refractivity contribution in [1.29, 1.82) is 0 Å². The van der Waals surface area contributed by atoms with Gasteiger partial charge in [0.2, 0.25) is 0 Å². The van der Waals surface area contributed by atoms with Crippen molar-refractivity contribution in [1.82, 2.24) is 4.57 Å². The minimum Gasteiger partial charge on any atom is -0.490 e. The van der Waals surface area contributed by atoms with Gasteiger partial charge in [-0.15, -0.1) is 0 Å². The zero-order chi connectivity index (χ0) is 30.5. The molecule has 0 bridgehead atoms.